The average molecular weight is 346 g/mol. The van der Waals surface area contributed by atoms with E-state index < -0.39 is 23.8 Å². The zero-order chi connectivity index (χ0) is 19.0. The number of ether oxygens (including phenoxy) is 1. The van der Waals surface area contributed by atoms with E-state index in [9.17, 15) is 9.90 Å². The minimum atomic E-state index is -0.891. The van der Waals surface area contributed by atoms with Crippen molar-refractivity contribution in [2.24, 2.45) is 5.73 Å². The van der Waals surface area contributed by atoms with Gasteiger partial charge in [0.2, 0.25) is 0 Å². The Bertz CT molecular complexity index is 616. The summed E-state index contributed by atoms with van der Waals surface area (Å²) in [4.78, 5) is 11.9. The van der Waals surface area contributed by atoms with Crippen molar-refractivity contribution in [1.82, 2.24) is 5.32 Å². The monoisotopic (exact) mass is 346 g/mol. The van der Waals surface area contributed by atoms with Gasteiger partial charge in [0.15, 0.2) is 0 Å². The molecule has 0 radical (unpaired) electrons. The molecule has 25 heavy (non-hydrogen) atoms. The molecule has 4 N–H and O–H groups in total. The van der Waals surface area contributed by atoms with Crippen LogP contribution < -0.4 is 11.1 Å². The van der Waals surface area contributed by atoms with Gasteiger partial charge >= 0.3 is 6.09 Å². The Balaban J connectivity index is 2.77. The molecule has 0 fully saturated rings. The van der Waals surface area contributed by atoms with Gasteiger partial charge < -0.3 is 20.9 Å². The van der Waals surface area contributed by atoms with E-state index in [-0.39, 0.29) is 6.54 Å². The van der Waals surface area contributed by atoms with E-state index >= 15 is 0 Å². The molecule has 0 bridgehead atoms. The van der Waals surface area contributed by atoms with Crippen LogP contribution in [0.25, 0.3) is 5.57 Å². The maximum atomic E-state index is 11.9. The van der Waals surface area contributed by atoms with Crippen LogP contribution in [0.1, 0.15) is 40.2 Å². The maximum absolute atomic E-state index is 11.9. The van der Waals surface area contributed by atoms with Crippen LogP contribution in [-0.4, -0.2) is 35.5 Å². The van der Waals surface area contributed by atoms with E-state index in [0.29, 0.717) is 5.57 Å². The molecule has 0 aliphatic carbocycles. The number of carbonyl (C=O) groups is 1. The Kier molecular flexibility index (Phi) is 7.87. The number of amides is 1. The van der Waals surface area contributed by atoms with Crippen LogP contribution in [-0.2, 0) is 4.74 Å². The van der Waals surface area contributed by atoms with Gasteiger partial charge in [0.05, 0.1) is 12.1 Å². The molecule has 0 spiro atoms. The number of hydrogen-bond acceptors (Lipinski definition) is 4. The second kappa shape index (κ2) is 9.39. The molecule has 0 saturated carbocycles. The van der Waals surface area contributed by atoms with Gasteiger partial charge in [-0.05, 0) is 51.3 Å². The molecule has 0 aliphatic rings. The summed E-state index contributed by atoms with van der Waals surface area (Å²) < 4.78 is 5.21. The molecular weight excluding hydrogens is 316 g/mol. The third kappa shape index (κ3) is 7.54. The number of aliphatic hydroxyl groups excluding tert-OH is 1. The van der Waals surface area contributed by atoms with Crippen LogP contribution in [0.15, 0.2) is 48.1 Å². The van der Waals surface area contributed by atoms with Crippen molar-refractivity contribution in [3.05, 3.63) is 53.6 Å². The van der Waals surface area contributed by atoms with E-state index in [4.69, 9.17) is 10.5 Å². The third-order valence-corrected chi connectivity index (χ3v) is 3.63. The van der Waals surface area contributed by atoms with Gasteiger partial charge in [0, 0.05) is 6.54 Å². The van der Waals surface area contributed by atoms with E-state index in [0.717, 1.165) is 11.1 Å². The minimum Gasteiger partial charge on any atom is -0.444 e. The number of aliphatic hydroxyl groups is 1. The molecule has 138 valence electrons. The molecule has 1 amide bonds. The first-order chi connectivity index (χ1) is 11.6. The van der Waals surface area contributed by atoms with Gasteiger partial charge in [-0.1, -0.05) is 42.5 Å². The second-order valence-corrected chi connectivity index (χ2v) is 7.06. The van der Waals surface area contributed by atoms with Gasteiger partial charge in [-0.2, -0.15) is 0 Å². The zero-order valence-electron chi connectivity index (χ0n) is 15.7. The van der Waals surface area contributed by atoms with Gasteiger partial charge in [0.1, 0.15) is 5.60 Å². The fraction of sp³-hybridized carbons (Fsp3) is 0.450. The molecule has 5 heteroatoms. The van der Waals surface area contributed by atoms with Crippen LogP contribution >= 0.6 is 0 Å². The van der Waals surface area contributed by atoms with E-state index in [1.807, 2.05) is 49.4 Å². The highest BCUT2D eigenvalue weighted by Crippen LogP contribution is 2.15. The van der Waals surface area contributed by atoms with E-state index in [1.54, 1.807) is 27.7 Å². The molecule has 1 rings (SSSR count). The molecule has 0 heterocycles. The summed E-state index contributed by atoms with van der Waals surface area (Å²) in [7, 11) is 0. The Morgan fingerprint density at radius 2 is 1.84 bits per heavy atom. The van der Waals surface area contributed by atoms with Crippen LogP contribution in [0.2, 0.25) is 0 Å². The average Bonchev–Trinajstić information content (AvgIpc) is 2.55. The van der Waals surface area contributed by atoms with Crippen molar-refractivity contribution in [3.63, 3.8) is 0 Å². The molecular formula is C20H30N2O3. The van der Waals surface area contributed by atoms with Gasteiger partial charge in [-0.15, -0.1) is 0 Å². The van der Waals surface area contributed by atoms with Gasteiger partial charge in [-0.25, -0.2) is 4.79 Å². The Morgan fingerprint density at radius 1 is 1.24 bits per heavy atom. The Hall–Kier alpha value is -2.11. The molecule has 0 saturated heterocycles. The van der Waals surface area contributed by atoms with Crippen LogP contribution in [0.3, 0.4) is 0 Å². The van der Waals surface area contributed by atoms with Crippen molar-refractivity contribution < 1.29 is 14.6 Å². The summed E-state index contributed by atoms with van der Waals surface area (Å²) in [5.41, 5.74) is 8.00. The Labute approximate surface area is 150 Å². The first kappa shape index (κ1) is 20.9. The van der Waals surface area contributed by atoms with E-state index in [1.165, 1.54) is 0 Å². The standard InChI is InChI=1S/C20H30N2O3/c1-14(16-9-7-6-8-10-16)11-12-15(2)18(23)17(13-21)22-19(24)25-20(3,4)5/h6-12,17-18,23H,13,21H2,1-5H3,(H,22,24)/b14-11+,15-12+. The summed E-state index contributed by atoms with van der Waals surface area (Å²) in [6, 6.07) is 9.36. The molecule has 1 aromatic carbocycles. The topological polar surface area (TPSA) is 84.6 Å². The normalized spacial score (nSPS) is 15.5. The number of rotatable bonds is 6. The number of nitrogens with two attached hydrogens (primary N) is 1. The van der Waals surface area contributed by atoms with Crippen molar-refractivity contribution >= 4 is 11.7 Å². The molecule has 2 unspecified atom stereocenters. The van der Waals surface area contributed by atoms with Gasteiger partial charge in [0.25, 0.3) is 0 Å². The number of hydrogen-bond donors (Lipinski definition) is 3. The van der Waals surface area contributed by atoms with Crippen molar-refractivity contribution in [1.29, 1.82) is 0 Å². The first-order valence-corrected chi connectivity index (χ1v) is 8.42. The maximum Gasteiger partial charge on any atom is 0.408 e. The first-order valence-electron chi connectivity index (χ1n) is 8.42. The zero-order valence-corrected chi connectivity index (χ0v) is 15.7. The highest BCUT2D eigenvalue weighted by Gasteiger charge is 2.24. The third-order valence-electron chi connectivity index (χ3n) is 3.63. The summed E-state index contributed by atoms with van der Waals surface area (Å²) in [5, 5.41) is 13.1. The number of allylic oxidation sites excluding steroid dienone is 3. The van der Waals surface area contributed by atoms with Crippen molar-refractivity contribution in [2.45, 2.75) is 52.4 Å². The quantitative estimate of drug-likeness (QED) is 0.690. The minimum absolute atomic E-state index is 0.104. The fourth-order valence-corrected chi connectivity index (χ4v) is 2.20. The number of benzene rings is 1. The van der Waals surface area contributed by atoms with Crippen molar-refractivity contribution in [3.8, 4) is 0 Å². The molecule has 1 aromatic rings. The van der Waals surface area contributed by atoms with Gasteiger partial charge in [-0.3, -0.25) is 0 Å². The highest BCUT2D eigenvalue weighted by molar-refractivity contribution is 5.68. The predicted octanol–water partition coefficient (Wildman–Crippen LogP) is 3.25. The number of nitrogens with one attached hydrogen (secondary N) is 1. The Morgan fingerprint density at radius 3 is 2.36 bits per heavy atom. The van der Waals surface area contributed by atoms with Crippen LogP contribution in [0.4, 0.5) is 4.79 Å². The molecule has 0 aromatic heterocycles. The summed E-state index contributed by atoms with van der Waals surface area (Å²) >= 11 is 0. The second-order valence-electron chi connectivity index (χ2n) is 7.06. The smallest absolute Gasteiger partial charge is 0.408 e. The summed E-state index contributed by atoms with van der Waals surface area (Å²) in [6.45, 7) is 9.25. The SMILES string of the molecule is C/C(=C\C=C(/C)C(O)C(CN)NC(=O)OC(C)(C)C)c1ccccc1. The van der Waals surface area contributed by atoms with Crippen molar-refractivity contribution in [2.75, 3.05) is 6.54 Å². The lowest BCUT2D eigenvalue weighted by Gasteiger charge is -2.26. The lowest BCUT2D eigenvalue weighted by Crippen LogP contribution is -2.49. The largest absolute Gasteiger partial charge is 0.444 e. The number of alkyl carbamates (subject to hydrolysis) is 1. The van der Waals surface area contributed by atoms with Crippen LogP contribution in [0.5, 0.6) is 0 Å². The molecule has 5 nitrogen and oxygen atoms in total. The lowest BCUT2D eigenvalue weighted by atomic mass is 10.0. The number of carbonyl (C=O) groups excluding carboxylic acids is 1. The molecule has 0 aliphatic heterocycles. The summed E-state index contributed by atoms with van der Waals surface area (Å²) in [5.74, 6) is 0. The summed E-state index contributed by atoms with van der Waals surface area (Å²) in [6.07, 6.45) is 2.30. The van der Waals surface area contributed by atoms with E-state index in [2.05, 4.69) is 5.32 Å². The lowest BCUT2D eigenvalue weighted by molar-refractivity contribution is 0.0454. The van der Waals surface area contributed by atoms with Crippen LogP contribution in [0, 0.1) is 0 Å². The fourth-order valence-electron chi connectivity index (χ4n) is 2.20. The predicted molar refractivity (Wildman–Crippen MR) is 102 cm³/mol. The molecule has 2 atom stereocenters. The highest BCUT2D eigenvalue weighted by atomic mass is 16.6.